The topological polar surface area (TPSA) is 39.1 Å². The molecule has 0 saturated carbocycles. The second-order valence-corrected chi connectivity index (χ2v) is 3.63. The summed E-state index contributed by atoms with van der Waals surface area (Å²) in [6.45, 7) is 5.87. The predicted octanol–water partition coefficient (Wildman–Crippen LogP) is 1.42. The van der Waals surface area contributed by atoms with Crippen molar-refractivity contribution in [2.75, 3.05) is 20.3 Å². The quantitative estimate of drug-likeness (QED) is 0.661. The number of nitrogens with zero attached hydrogens (tertiary/aromatic N) is 2. The van der Waals surface area contributed by atoms with Crippen LogP contribution in [0.2, 0.25) is 0 Å². The number of rotatable bonds is 8. The van der Waals surface area contributed by atoms with Gasteiger partial charge in [0.25, 0.3) is 0 Å². The zero-order chi connectivity index (χ0) is 10.9. The lowest BCUT2D eigenvalue weighted by Crippen LogP contribution is -2.13. The van der Waals surface area contributed by atoms with Crippen molar-refractivity contribution in [2.24, 2.45) is 0 Å². The highest BCUT2D eigenvalue weighted by Gasteiger charge is 1.97. The Hall–Kier alpha value is -0.870. The minimum absolute atomic E-state index is 0.795. The van der Waals surface area contributed by atoms with Crippen molar-refractivity contribution in [3.8, 4) is 0 Å². The fourth-order valence-electron chi connectivity index (χ4n) is 1.40. The monoisotopic (exact) mass is 211 g/mol. The number of ether oxygens (including phenoxy) is 1. The van der Waals surface area contributed by atoms with Crippen molar-refractivity contribution in [3.05, 3.63) is 18.0 Å². The zero-order valence-corrected chi connectivity index (χ0v) is 9.70. The zero-order valence-electron chi connectivity index (χ0n) is 9.70. The third-order valence-electron chi connectivity index (χ3n) is 2.18. The molecule has 0 spiro atoms. The Balaban J connectivity index is 2.23. The van der Waals surface area contributed by atoms with E-state index in [9.17, 15) is 0 Å². The predicted molar refractivity (Wildman–Crippen MR) is 60.7 cm³/mol. The molecule has 0 unspecified atom stereocenters. The fourth-order valence-corrected chi connectivity index (χ4v) is 1.40. The maximum Gasteiger partial charge on any atom is 0.0534 e. The Morgan fingerprint density at radius 1 is 1.53 bits per heavy atom. The van der Waals surface area contributed by atoms with Crippen LogP contribution in [0, 0.1) is 0 Å². The van der Waals surface area contributed by atoms with Crippen molar-refractivity contribution in [3.63, 3.8) is 0 Å². The van der Waals surface area contributed by atoms with Crippen LogP contribution in [-0.2, 0) is 17.8 Å². The molecule has 15 heavy (non-hydrogen) atoms. The molecule has 1 aromatic rings. The number of hydrogen-bond donors (Lipinski definition) is 1. The van der Waals surface area contributed by atoms with Crippen molar-refractivity contribution in [1.29, 1.82) is 0 Å². The molecular formula is C11H21N3O. The largest absolute Gasteiger partial charge is 0.385 e. The van der Waals surface area contributed by atoms with E-state index in [0.29, 0.717) is 0 Å². The van der Waals surface area contributed by atoms with Gasteiger partial charge in [-0.25, -0.2) is 0 Å². The van der Waals surface area contributed by atoms with E-state index < -0.39 is 0 Å². The van der Waals surface area contributed by atoms with Crippen LogP contribution in [0.5, 0.6) is 0 Å². The van der Waals surface area contributed by atoms with Gasteiger partial charge in [0, 0.05) is 38.6 Å². The summed E-state index contributed by atoms with van der Waals surface area (Å²) in [5.74, 6) is 0. The van der Waals surface area contributed by atoms with E-state index in [1.807, 2.05) is 10.9 Å². The van der Waals surface area contributed by atoms with E-state index in [4.69, 9.17) is 4.74 Å². The van der Waals surface area contributed by atoms with Crippen LogP contribution in [0.25, 0.3) is 0 Å². The molecule has 1 N–H and O–H groups in total. The van der Waals surface area contributed by atoms with E-state index in [0.717, 1.165) is 32.7 Å². The van der Waals surface area contributed by atoms with Gasteiger partial charge in [0.15, 0.2) is 0 Å². The summed E-state index contributed by atoms with van der Waals surface area (Å²) in [6.07, 6.45) is 6.20. The molecule has 4 heteroatoms. The molecule has 0 aromatic carbocycles. The third kappa shape index (κ3) is 4.95. The third-order valence-corrected chi connectivity index (χ3v) is 2.18. The highest BCUT2D eigenvalue weighted by atomic mass is 16.5. The minimum atomic E-state index is 0.795. The maximum atomic E-state index is 5.00. The first-order valence-corrected chi connectivity index (χ1v) is 5.57. The Labute approximate surface area is 91.6 Å². The van der Waals surface area contributed by atoms with Gasteiger partial charge in [-0.15, -0.1) is 0 Å². The molecule has 0 aliphatic heterocycles. The highest BCUT2D eigenvalue weighted by Crippen LogP contribution is 1.98. The van der Waals surface area contributed by atoms with Crippen LogP contribution in [0.4, 0.5) is 0 Å². The molecule has 0 radical (unpaired) electrons. The van der Waals surface area contributed by atoms with Gasteiger partial charge in [-0.1, -0.05) is 6.92 Å². The second-order valence-electron chi connectivity index (χ2n) is 3.63. The summed E-state index contributed by atoms with van der Waals surface area (Å²) in [5.41, 5.74) is 1.25. The first kappa shape index (κ1) is 12.2. The van der Waals surface area contributed by atoms with Crippen LogP contribution in [0.1, 0.15) is 25.3 Å². The van der Waals surface area contributed by atoms with Gasteiger partial charge in [0.1, 0.15) is 0 Å². The number of methoxy groups -OCH3 is 1. The molecule has 86 valence electrons. The molecule has 0 fully saturated rings. The standard InChI is InChI=1S/C11H21N3O/c1-3-5-12-8-11-9-13-14(10-11)6-4-7-15-2/h9-10,12H,3-8H2,1-2H3. The summed E-state index contributed by atoms with van der Waals surface area (Å²) >= 11 is 0. The van der Waals surface area contributed by atoms with E-state index in [2.05, 4.69) is 23.5 Å². The van der Waals surface area contributed by atoms with Gasteiger partial charge in [-0.05, 0) is 19.4 Å². The molecular weight excluding hydrogens is 190 g/mol. The fraction of sp³-hybridized carbons (Fsp3) is 0.727. The number of nitrogens with one attached hydrogen (secondary N) is 1. The first-order valence-electron chi connectivity index (χ1n) is 5.57. The van der Waals surface area contributed by atoms with Crippen LogP contribution in [0.15, 0.2) is 12.4 Å². The van der Waals surface area contributed by atoms with Crippen LogP contribution >= 0.6 is 0 Å². The SMILES string of the molecule is CCCNCc1cnn(CCCOC)c1. The molecule has 4 nitrogen and oxygen atoms in total. The Bertz CT molecular complexity index is 236. The average Bonchev–Trinajstić information content (AvgIpc) is 2.67. The van der Waals surface area contributed by atoms with E-state index in [1.54, 1.807) is 7.11 Å². The van der Waals surface area contributed by atoms with Gasteiger partial charge in [-0.2, -0.15) is 5.10 Å². The summed E-state index contributed by atoms with van der Waals surface area (Å²) in [4.78, 5) is 0. The van der Waals surface area contributed by atoms with Crippen LogP contribution in [-0.4, -0.2) is 30.0 Å². The summed E-state index contributed by atoms with van der Waals surface area (Å²) in [6, 6.07) is 0. The average molecular weight is 211 g/mol. The molecule has 0 atom stereocenters. The normalized spacial score (nSPS) is 10.8. The van der Waals surface area contributed by atoms with Crippen LogP contribution < -0.4 is 5.32 Å². The summed E-state index contributed by atoms with van der Waals surface area (Å²) in [7, 11) is 1.73. The first-order chi connectivity index (χ1) is 7.36. The minimum Gasteiger partial charge on any atom is -0.385 e. The van der Waals surface area contributed by atoms with E-state index in [-0.39, 0.29) is 0 Å². The van der Waals surface area contributed by atoms with Gasteiger partial charge >= 0.3 is 0 Å². The number of aryl methyl sites for hydroxylation is 1. The van der Waals surface area contributed by atoms with E-state index in [1.165, 1.54) is 12.0 Å². The number of hydrogen-bond acceptors (Lipinski definition) is 3. The molecule has 1 heterocycles. The molecule has 1 aromatic heterocycles. The van der Waals surface area contributed by atoms with Crippen molar-refractivity contribution in [1.82, 2.24) is 15.1 Å². The summed E-state index contributed by atoms with van der Waals surface area (Å²) in [5, 5.41) is 7.64. The maximum absolute atomic E-state index is 5.00. The molecule has 0 amide bonds. The van der Waals surface area contributed by atoms with Gasteiger partial charge in [0.2, 0.25) is 0 Å². The van der Waals surface area contributed by atoms with Crippen molar-refractivity contribution < 1.29 is 4.74 Å². The van der Waals surface area contributed by atoms with Crippen molar-refractivity contribution in [2.45, 2.75) is 32.9 Å². The Kier molecular flexibility index (Phi) is 6.04. The van der Waals surface area contributed by atoms with Gasteiger partial charge < -0.3 is 10.1 Å². The van der Waals surface area contributed by atoms with Gasteiger partial charge in [0.05, 0.1) is 6.20 Å². The lowest BCUT2D eigenvalue weighted by atomic mass is 10.3. The summed E-state index contributed by atoms with van der Waals surface area (Å²) < 4.78 is 6.97. The second kappa shape index (κ2) is 7.43. The molecule has 0 aliphatic rings. The Morgan fingerprint density at radius 2 is 2.40 bits per heavy atom. The molecule has 1 rings (SSSR count). The van der Waals surface area contributed by atoms with E-state index >= 15 is 0 Å². The molecule has 0 bridgehead atoms. The molecule has 0 saturated heterocycles. The smallest absolute Gasteiger partial charge is 0.0534 e. The highest BCUT2D eigenvalue weighted by molar-refractivity contribution is 5.03. The Morgan fingerprint density at radius 3 is 3.13 bits per heavy atom. The molecule has 0 aliphatic carbocycles. The lowest BCUT2D eigenvalue weighted by Gasteiger charge is -2.00. The van der Waals surface area contributed by atoms with Crippen LogP contribution in [0.3, 0.4) is 0 Å². The van der Waals surface area contributed by atoms with Crippen molar-refractivity contribution >= 4 is 0 Å². The van der Waals surface area contributed by atoms with Gasteiger partial charge in [-0.3, -0.25) is 4.68 Å². The lowest BCUT2D eigenvalue weighted by molar-refractivity contribution is 0.189. The number of aromatic nitrogens is 2.